The Morgan fingerprint density at radius 3 is 2.85 bits per heavy atom. The van der Waals surface area contributed by atoms with E-state index in [2.05, 4.69) is 9.97 Å². The van der Waals surface area contributed by atoms with Gasteiger partial charge in [0.05, 0.1) is 5.52 Å². The van der Waals surface area contributed by atoms with Crippen molar-refractivity contribution in [3.8, 4) is 11.6 Å². The molecule has 0 unspecified atom stereocenters. The summed E-state index contributed by atoms with van der Waals surface area (Å²) in [4.78, 5) is 8.45. The zero-order valence-corrected chi connectivity index (χ0v) is 11.3. The van der Waals surface area contributed by atoms with Crippen LogP contribution in [0, 0.1) is 0 Å². The number of aromatic nitrogens is 2. The Labute approximate surface area is 121 Å². The van der Waals surface area contributed by atoms with E-state index < -0.39 is 0 Å². The number of pyridine rings is 2. The Bertz CT molecular complexity index is 761. The molecule has 0 aliphatic carbocycles. The molecule has 2 aromatic heterocycles. The molecule has 3 aromatic rings. The second-order valence-electron chi connectivity index (χ2n) is 4.29. The van der Waals surface area contributed by atoms with Gasteiger partial charge in [-0.05, 0) is 29.8 Å². The predicted molar refractivity (Wildman–Crippen MR) is 79.0 cm³/mol. The zero-order chi connectivity index (χ0) is 13.9. The number of benzene rings is 1. The van der Waals surface area contributed by atoms with Crippen LogP contribution in [-0.4, -0.2) is 9.97 Å². The van der Waals surface area contributed by atoms with Crippen molar-refractivity contribution in [2.24, 2.45) is 5.73 Å². The Morgan fingerprint density at radius 2 is 2.05 bits per heavy atom. The van der Waals surface area contributed by atoms with Crippen molar-refractivity contribution in [3.05, 3.63) is 59.4 Å². The van der Waals surface area contributed by atoms with E-state index in [9.17, 15) is 0 Å². The van der Waals surface area contributed by atoms with Crippen LogP contribution in [0.4, 0.5) is 0 Å². The summed E-state index contributed by atoms with van der Waals surface area (Å²) in [7, 11) is 0. The Balaban J connectivity index is 1.92. The van der Waals surface area contributed by atoms with Crippen LogP contribution >= 0.6 is 11.6 Å². The molecule has 0 aliphatic heterocycles. The Kier molecular flexibility index (Phi) is 3.50. The molecule has 2 heterocycles. The first-order valence-corrected chi connectivity index (χ1v) is 6.51. The summed E-state index contributed by atoms with van der Waals surface area (Å²) in [6.45, 7) is 0.396. The first-order valence-electron chi connectivity index (χ1n) is 6.13. The maximum atomic E-state index is 6.12. The minimum Gasteiger partial charge on any atom is -0.437 e. The van der Waals surface area contributed by atoms with Crippen LogP contribution < -0.4 is 10.5 Å². The lowest BCUT2D eigenvalue weighted by Crippen LogP contribution is -1.98. The van der Waals surface area contributed by atoms with E-state index in [-0.39, 0.29) is 0 Å². The summed E-state index contributed by atoms with van der Waals surface area (Å²) < 4.78 is 5.69. The van der Waals surface area contributed by atoms with E-state index in [1.165, 1.54) is 0 Å². The normalized spacial score (nSPS) is 10.7. The summed E-state index contributed by atoms with van der Waals surface area (Å²) in [5.74, 6) is 1.00. The first kappa shape index (κ1) is 12.8. The molecule has 0 aliphatic rings. The minimum atomic E-state index is 0.360. The lowest BCUT2D eigenvalue weighted by atomic mass is 10.2. The molecule has 0 amide bonds. The third-order valence-corrected chi connectivity index (χ3v) is 3.16. The van der Waals surface area contributed by atoms with E-state index in [1.54, 1.807) is 18.5 Å². The van der Waals surface area contributed by atoms with Crippen LogP contribution in [0.3, 0.4) is 0 Å². The molecular formula is C15H12ClN3O. The molecule has 100 valence electrons. The van der Waals surface area contributed by atoms with Gasteiger partial charge >= 0.3 is 0 Å². The van der Waals surface area contributed by atoms with Crippen molar-refractivity contribution in [1.29, 1.82) is 0 Å². The van der Waals surface area contributed by atoms with E-state index in [1.807, 2.05) is 30.3 Å². The van der Waals surface area contributed by atoms with Crippen molar-refractivity contribution >= 4 is 22.5 Å². The van der Waals surface area contributed by atoms with Gasteiger partial charge in [0.25, 0.3) is 0 Å². The smallest absolute Gasteiger partial charge is 0.238 e. The van der Waals surface area contributed by atoms with Crippen molar-refractivity contribution in [2.75, 3.05) is 0 Å². The molecule has 0 bridgehead atoms. The fourth-order valence-corrected chi connectivity index (χ4v) is 2.10. The van der Waals surface area contributed by atoms with E-state index in [4.69, 9.17) is 22.1 Å². The molecular weight excluding hydrogens is 274 g/mol. The number of hydrogen-bond acceptors (Lipinski definition) is 4. The molecule has 3 rings (SSSR count). The maximum absolute atomic E-state index is 6.12. The Morgan fingerprint density at radius 1 is 1.15 bits per heavy atom. The van der Waals surface area contributed by atoms with Gasteiger partial charge in [-0.2, -0.15) is 0 Å². The van der Waals surface area contributed by atoms with Gasteiger partial charge in [0.15, 0.2) is 0 Å². The van der Waals surface area contributed by atoms with Crippen molar-refractivity contribution in [1.82, 2.24) is 9.97 Å². The lowest BCUT2D eigenvalue weighted by molar-refractivity contribution is 0.463. The summed E-state index contributed by atoms with van der Waals surface area (Å²) in [5, 5.41) is 1.49. The zero-order valence-electron chi connectivity index (χ0n) is 10.6. The maximum Gasteiger partial charge on any atom is 0.238 e. The van der Waals surface area contributed by atoms with E-state index >= 15 is 0 Å². The third kappa shape index (κ3) is 2.57. The van der Waals surface area contributed by atoms with Crippen LogP contribution in [0.1, 0.15) is 5.56 Å². The van der Waals surface area contributed by atoms with Gasteiger partial charge in [-0.25, -0.2) is 4.98 Å². The topological polar surface area (TPSA) is 61.0 Å². The fourth-order valence-electron chi connectivity index (χ4n) is 1.87. The molecule has 5 heteroatoms. The molecule has 0 saturated carbocycles. The van der Waals surface area contributed by atoms with Crippen LogP contribution in [0.5, 0.6) is 11.6 Å². The molecule has 1 aromatic carbocycles. The fraction of sp³-hybridized carbons (Fsp3) is 0.0667. The summed E-state index contributed by atoms with van der Waals surface area (Å²) in [6, 6.07) is 11.3. The van der Waals surface area contributed by atoms with Gasteiger partial charge < -0.3 is 10.5 Å². The highest BCUT2D eigenvalue weighted by molar-refractivity contribution is 6.31. The highest BCUT2D eigenvalue weighted by Crippen LogP contribution is 2.29. The van der Waals surface area contributed by atoms with Crippen LogP contribution in [-0.2, 0) is 6.54 Å². The highest BCUT2D eigenvalue weighted by Gasteiger charge is 2.06. The summed E-state index contributed by atoms with van der Waals surface area (Å²) in [5.41, 5.74) is 7.26. The minimum absolute atomic E-state index is 0.360. The molecule has 0 spiro atoms. The van der Waals surface area contributed by atoms with E-state index in [0.29, 0.717) is 23.2 Å². The van der Waals surface area contributed by atoms with E-state index in [0.717, 1.165) is 16.5 Å². The Hall–Kier alpha value is -2.17. The molecule has 0 radical (unpaired) electrons. The SMILES string of the molecule is NCc1cnc(Oc2ccc3cccnc3c2)c(Cl)c1. The quantitative estimate of drug-likeness (QED) is 0.799. The highest BCUT2D eigenvalue weighted by atomic mass is 35.5. The summed E-state index contributed by atoms with van der Waals surface area (Å²) >= 11 is 6.12. The largest absolute Gasteiger partial charge is 0.437 e. The molecule has 0 atom stereocenters. The predicted octanol–water partition coefficient (Wildman–Crippen LogP) is 3.53. The van der Waals surface area contributed by atoms with Gasteiger partial charge in [0.1, 0.15) is 10.8 Å². The standard InChI is InChI=1S/C15H12ClN3O/c16-13-6-10(8-17)9-19-15(13)20-12-4-3-11-2-1-5-18-14(11)7-12/h1-7,9H,8,17H2. The second kappa shape index (κ2) is 5.45. The molecule has 4 nitrogen and oxygen atoms in total. The van der Waals surface area contributed by atoms with Gasteiger partial charge in [-0.1, -0.05) is 17.7 Å². The molecule has 0 fully saturated rings. The summed E-state index contributed by atoms with van der Waals surface area (Å²) in [6.07, 6.45) is 3.40. The van der Waals surface area contributed by atoms with Crippen LogP contribution in [0.15, 0.2) is 48.8 Å². The van der Waals surface area contributed by atoms with Gasteiger partial charge in [-0.3, -0.25) is 4.98 Å². The van der Waals surface area contributed by atoms with Gasteiger partial charge in [0, 0.05) is 30.4 Å². The number of hydrogen-bond donors (Lipinski definition) is 1. The number of ether oxygens (including phenoxy) is 1. The average molecular weight is 286 g/mol. The first-order chi connectivity index (χ1) is 9.76. The molecule has 2 N–H and O–H groups in total. The van der Waals surface area contributed by atoms with Gasteiger partial charge in [-0.15, -0.1) is 0 Å². The molecule has 0 saturated heterocycles. The lowest BCUT2D eigenvalue weighted by Gasteiger charge is -2.08. The molecule has 20 heavy (non-hydrogen) atoms. The number of rotatable bonds is 3. The van der Waals surface area contributed by atoms with Gasteiger partial charge in [0.2, 0.25) is 5.88 Å². The average Bonchev–Trinajstić information content (AvgIpc) is 2.49. The van der Waals surface area contributed by atoms with Crippen molar-refractivity contribution in [2.45, 2.75) is 6.54 Å². The number of halogens is 1. The monoisotopic (exact) mass is 285 g/mol. The van der Waals surface area contributed by atoms with Crippen LogP contribution in [0.2, 0.25) is 5.02 Å². The second-order valence-corrected chi connectivity index (χ2v) is 4.70. The third-order valence-electron chi connectivity index (χ3n) is 2.89. The van der Waals surface area contributed by atoms with Crippen molar-refractivity contribution < 1.29 is 4.74 Å². The van der Waals surface area contributed by atoms with Crippen molar-refractivity contribution in [3.63, 3.8) is 0 Å². The number of nitrogens with zero attached hydrogens (tertiary/aromatic N) is 2. The number of fused-ring (bicyclic) bond motifs is 1. The van der Waals surface area contributed by atoms with Crippen LogP contribution in [0.25, 0.3) is 10.9 Å². The number of nitrogens with two attached hydrogens (primary N) is 1.